The summed E-state index contributed by atoms with van der Waals surface area (Å²) in [5.41, 5.74) is 10.1. The van der Waals surface area contributed by atoms with Crippen LogP contribution in [-0.4, -0.2) is 44.6 Å². The summed E-state index contributed by atoms with van der Waals surface area (Å²) in [5.74, 6) is 0. The van der Waals surface area contributed by atoms with Crippen molar-refractivity contribution in [1.29, 1.82) is 0 Å². The van der Waals surface area contributed by atoms with Gasteiger partial charge in [-0.2, -0.15) is 0 Å². The molecule has 0 aliphatic heterocycles. The van der Waals surface area contributed by atoms with Gasteiger partial charge in [-0.25, -0.2) is 4.58 Å². The number of anilines is 1. The van der Waals surface area contributed by atoms with Gasteiger partial charge in [-0.1, -0.05) is 50.2 Å². The van der Waals surface area contributed by atoms with Crippen molar-refractivity contribution in [3.05, 3.63) is 94.6 Å². The van der Waals surface area contributed by atoms with E-state index in [1.807, 2.05) is 6.07 Å². The van der Waals surface area contributed by atoms with Crippen LogP contribution in [0.5, 0.6) is 0 Å². The number of benzene rings is 2. The Labute approximate surface area is 216 Å². The molecule has 4 heteroatoms. The van der Waals surface area contributed by atoms with Crippen molar-refractivity contribution < 1.29 is 33.3 Å². The summed E-state index contributed by atoms with van der Waals surface area (Å²) in [4.78, 5) is 2.18. The molecular formula is C29H35IN2O. The van der Waals surface area contributed by atoms with Crippen molar-refractivity contribution in [1.82, 2.24) is 0 Å². The molecule has 3 nitrogen and oxygen atoms in total. The van der Waals surface area contributed by atoms with E-state index in [1.54, 1.807) is 0 Å². The summed E-state index contributed by atoms with van der Waals surface area (Å²) < 4.78 is 8.62. The maximum absolute atomic E-state index is 6.45. The molecule has 1 atom stereocenters. The van der Waals surface area contributed by atoms with Gasteiger partial charge in [0.25, 0.3) is 0 Å². The maximum Gasteiger partial charge on any atom is 0.199 e. The highest BCUT2D eigenvalue weighted by Gasteiger charge is 2.39. The van der Waals surface area contributed by atoms with E-state index in [1.165, 1.54) is 44.8 Å². The first-order valence-electron chi connectivity index (χ1n) is 11.4. The minimum atomic E-state index is -0.106. The van der Waals surface area contributed by atoms with E-state index in [0.29, 0.717) is 6.61 Å². The molecule has 2 aromatic rings. The van der Waals surface area contributed by atoms with Gasteiger partial charge in [0.05, 0.1) is 12.7 Å². The van der Waals surface area contributed by atoms with Gasteiger partial charge in [0.15, 0.2) is 5.71 Å². The highest BCUT2D eigenvalue weighted by Crippen LogP contribution is 2.50. The molecule has 0 fully saturated rings. The van der Waals surface area contributed by atoms with Gasteiger partial charge in [-0.05, 0) is 58.5 Å². The van der Waals surface area contributed by atoms with Crippen LogP contribution in [0.4, 0.5) is 5.69 Å². The molecule has 2 aliphatic carbocycles. The van der Waals surface area contributed by atoms with Crippen molar-refractivity contribution in [2.24, 2.45) is 0 Å². The molecule has 0 N–H and O–H groups in total. The standard InChI is InChI=1S/C29H35N2O.HI/c1-20(32-19-21-11-9-8-10-12-21)28-24-15-13-22(30(4)5)17-26(24)29(2,3)27-18-23(31(6)7)14-16-25(27)28;/h8-18,20H,19H2,1-7H3;1H/q+1;/p-1. The molecule has 4 rings (SSSR count). The van der Waals surface area contributed by atoms with Gasteiger partial charge in [0.1, 0.15) is 14.1 Å². The first kappa shape index (κ1) is 25.4. The quantitative estimate of drug-likeness (QED) is 0.418. The Morgan fingerprint density at radius 1 is 1.00 bits per heavy atom. The lowest BCUT2D eigenvalue weighted by molar-refractivity contribution is -0.462. The number of nitrogens with zero attached hydrogens (tertiary/aromatic N) is 2. The monoisotopic (exact) mass is 554 g/mol. The number of fused-ring (bicyclic) bond motifs is 2. The zero-order chi connectivity index (χ0) is 23.0. The smallest absolute Gasteiger partial charge is 0.199 e. The predicted molar refractivity (Wildman–Crippen MR) is 136 cm³/mol. The van der Waals surface area contributed by atoms with E-state index in [2.05, 4.69) is 119 Å². The van der Waals surface area contributed by atoms with Crippen LogP contribution in [0.25, 0.3) is 5.57 Å². The first-order chi connectivity index (χ1) is 15.2. The second kappa shape index (κ2) is 9.98. The van der Waals surface area contributed by atoms with Crippen LogP contribution in [0, 0.1) is 0 Å². The average molecular weight is 555 g/mol. The first-order valence-corrected chi connectivity index (χ1v) is 11.4. The second-order valence-electron chi connectivity index (χ2n) is 9.73. The van der Waals surface area contributed by atoms with Gasteiger partial charge in [0.2, 0.25) is 0 Å². The zero-order valence-corrected chi connectivity index (χ0v) is 23.0. The molecule has 2 aromatic carbocycles. The zero-order valence-electron chi connectivity index (χ0n) is 20.8. The van der Waals surface area contributed by atoms with Gasteiger partial charge in [-0.3, -0.25) is 0 Å². The molecule has 2 aliphatic rings. The minimum Gasteiger partial charge on any atom is -1.00 e. The number of allylic oxidation sites excluding steroid dienone is 5. The molecule has 0 heterocycles. The van der Waals surface area contributed by atoms with Crippen molar-refractivity contribution in [2.75, 3.05) is 33.1 Å². The molecule has 33 heavy (non-hydrogen) atoms. The Kier molecular flexibility index (Phi) is 7.69. The van der Waals surface area contributed by atoms with Crippen LogP contribution in [0.15, 0.2) is 77.9 Å². The molecular weight excluding hydrogens is 519 g/mol. The fraction of sp³-hybridized carbons (Fsp3) is 0.345. The van der Waals surface area contributed by atoms with Gasteiger partial charge >= 0.3 is 0 Å². The fourth-order valence-electron chi connectivity index (χ4n) is 4.73. The third-order valence-electron chi connectivity index (χ3n) is 6.72. The summed E-state index contributed by atoms with van der Waals surface area (Å²) in [5, 5.41) is 0. The topological polar surface area (TPSA) is 15.5 Å². The Morgan fingerprint density at radius 3 is 2.33 bits per heavy atom. The van der Waals surface area contributed by atoms with Gasteiger partial charge < -0.3 is 33.6 Å². The lowest BCUT2D eigenvalue weighted by Gasteiger charge is -2.40. The van der Waals surface area contributed by atoms with Crippen LogP contribution < -0.4 is 28.9 Å². The molecule has 0 aromatic heterocycles. The van der Waals surface area contributed by atoms with Crippen LogP contribution in [0.3, 0.4) is 0 Å². The van der Waals surface area contributed by atoms with E-state index < -0.39 is 0 Å². The lowest BCUT2D eigenvalue weighted by Crippen LogP contribution is -3.00. The second-order valence-corrected chi connectivity index (χ2v) is 9.73. The predicted octanol–water partition coefficient (Wildman–Crippen LogP) is 2.62. The Hall–Kier alpha value is -2.18. The van der Waals surface area contributed by atoms with E-state index in [9.17, 15) is 0 Å². The van der Waals surface area contributed by atoms with Crippen LogP contribution >= 0.6 is 0 Å². The molecule has 0 bridgehead atoms. The van der Waals surface area contributed by atoms with Crippen LogP contribution in [0.1, 0.15) is 37.5 Å². The van der Waals surface area contributed by atoms with E-state index in [0.717, 1.165) is 0 Å². The average Bonchev–Trinajstić information content (AvgIpc) is 2.78. The molecule has 174 valence electrons. The van der Waals surface area contributed by atoms with Crippen LogP contribution in [-0.2, 0) is 16.8 Å². The molecule has 0 saturated carbocycles. The van der Waals surface area contributed by atoms with Crippen molar-refractivity contribution in [2.45, 2.75) is 38.9 Å². The molecule has 0 radical (unpaired) electrons. The Balaban J connectivity index is 0.00000306. The van der Waals surface area contributed by atoms with E-state index >= 15 is 0 Å². The fourth-order valence-corrected chi connectivity index (χ4v) is 4.73. The SMILES string of the molecule is CC(OCc1ccccc1)C1=C2C=CC(=[N+](C)C)C=C2C(C)(C)c2cc(N(C)C)ccc21.[I-]. The maximum atomic E-state index is 6.45. The Bertz CT molecular complexity index is 1150. The van der Waals surface area contributed by atoms with Crippen molar-refractivity contribution in [3.63, 3.8) is 0 Å². The highest BCUT2D eigenvalue weighted by molar-refractivity contribution is 6.05. The molecule has 0 spiro atoms. The van der Waals surface area contributed by atoms with Crippen molar-refractivity contribution in [3.8, 4) is 0 Å². The normalized spacial score (nSPS) is 16.9. The lowest BCUT2D eigenvalue weighted by atomic mass is 9.64. The number of hydrogen-bond donors (Lipinski definition) is 0. The summed E-state index contributed by atoms with van der Waals surface area (Å²) in [6.07, 6.45) is 6.83. The molecule has 1 unspecified atom stereocenters. The molecule has 0 amide bonds. The highest BCUT2D eigenvalue weighted by atomic mass is 127. The summed E-state index contributed by atoms with van der Waals surface area (Å²) in [6, 6.07) is 17.3. The number of halogens is 1. The number of hydrogen-bond acceptors (Lipinski definition) is 2. The summed E-state index contributed by atoms with van der Waals surface area (Å²) in [7, 11) is 8.41. The van der Waals surface area contributed by atoms with Gasteiger partial charge in [0, 0.05) is 37.3 Å². The number of ether oxygens (including phenoxy) is 1. The third-order valence-corrected chi connectivity index (χ3v) is 6.72. The minimum absolute atomic E-state index is 0. The van der Waals surface area contributed by atoms with E-state index in [-0.39, 0.29) is 35.5 Å². The summed E-state index contributed by atoms with van der Waals surface area (Å²) in [6.45, 7) is 7.47. The largest absolute Gasteiger partial charge is 1.00 e. The van der Waals surface area contributed by atoms with Crippen LogP contribution in [0.2, 0.25) is 0 Å². The van der Waals surface area contributed by atoms with Gasteiger partial charge in [-0.15, -0.1) is 0 Å². The Morgan fingerprint density at radius 2 is 1.70 bits per heavy atom. The van der Waals surface area contributed by atoms with Crippen molar-refractivity contribution >= 4 is 17.0 Å². The molecule has 0 saturated heterocycles. The number of rotatable bonds is 5. The van der Waals surface area contributed by atoms with E-state index in [4.69, 9.17) is 4.74 Å². The summed E-state index contributed by atoms with van der Waals surface area (Å²) >= 11 is 0. The third kappa shape index (κ3) is 4.87.